The number of nitrogen functional groups attached to an aromatic ring is 2. The number of nitrogens with zero attached hydrogens (tertiary/aromatic N) is 5. The van der Waals surface area contributed by atoms with Crippen molar-refractivity contribution in [1.82, 2.24) is 30.4 Å². The number of nitrogens with two attached hydrogens (primary N) is 3. The standard InChI is InChI=1S/C27H41ClN10O/c1-37-13-8-20(9-14-37)33-18-38-15-11-27(12-16-38,10-7-19-5-3-2-4-6-19)17-32-26(31)36-25(39)21-23(29)35-24(30)22(28)34-21/h2-6,20,33H,7-18H2,1H3,(H4,29,30,35)(H3,31,32,36,39). The van der Waals surface area contributed by atoms with E-state index in [0.717, 1.165) is 58.5 Å². The molecule has 0 saturated carbocycles. The van der Waals surface area contributed by atoms with Crippen LogP contribution in [0.4, 0.5) is 11.6 Å². The summed E-state index contributed by atoms with van der Waals surface area (Å²) >= 11 is 5.91. The van der Waals surface area contributed by atoms with Crippen LogP contribution >= 0.6 is 11.6 Å². The molecule has 12 heteroatoms. The van der Waals surface area contributed by atoms with Crippen LogP contribution in [0, 0.1) is 5.41 Å². The van der Waals surface area contributed by atoms with Gasteiger partial charge in [-0.1, -0.05) is 41.9 Å². The van der Waals surface area contributed by atoms with E-state index in [-0.39, 0.29) is 33.9 Å². The second kappa shape index (κ2) is 13.4. The Hall–Kier alpha value is -2.99. The number of carbonyl (C=O) groups is 1. The van der Waals surface area contributed by atoms with Gasteiger partial charge in [0.1, 0.15) is 0 Å². The van der Waals surface area contributed by atoms with E-state index in [1.165, 1.54) is 18.4 Å². The van der Waals surface area contributed by atoms with E-state index in [0.29, 0.717) is 12.6 Å². The van der Waals surface area contributed by atoms with Crippen LogP contribution in [0.5, 0.6) is 0 Å². The number of aliphatic imine (C=N–C) groups is 1. The fourth-order valence-electron chi connectivity index (χ4n) is 5.27. The molecule has 0 bridgehead atoms. The summed E-state index contributed by atoms with van der Waals surface area (Å²) in [4.78, 5) is 29.9. The number of hydrogen-bond donors (Lipinski definition) is 5. The molecule has 1 amide bonds. The molecule has 39 heavy (non-hydrogen) atoms. The van der Waals surface area contributed by atoms with Crippen molar-refractivity contribution in [2.24, 2.45) is 16.1 Å². The number of benzene rings is 1. The van der Waals surface area contributed by atoms with E-state index in [1.54, 1.807) is 0 Å². The van der Waals surface area contributed by atoms with Gasteiger partial charge in [0.25, 0.3) is 5.91 Å². The zero-order valence-electron chi connectivity index (χ0n) is 22.7. The van der Waals surface area contributed by atoms with E-state index in [4.69, 9.17) is 28.8 Å². The second-order valence-corrected chi connectivity index (χ2v) is 11.2. The lowest BCUT2D eigenvalue weighted by Crippen LogP contribution is -2.49. The lowest BCUT2D eigenvalue weighted by atomic mass is 9.74. The van der Waals surface area contributed by atoms with Crippen LogP contribution in [0.3, 0.4) is 0 Å². The van der Waals surface area contributed by atoms with E-state index in [9.17, 15) is 4.79 Å². The first kappa shape index (κ1) is 29.0. The highest BCUT2D eigenvalue weighted by Gasteiger charge is 2.34. The van der Waals surface area contributed by atoms with Gasteiger partial charge in [0, 0.05) is 19.3 Å². The highest BCUT2D eigenvalue weighted by molar-refractivity contribution is 6.31. The third-order valence-electron chi connectivity index (χ3n) is 7.97. The van der Waals surface area contributed by atoms with Gasteiger partial charge in [-0.3, -0.25) is 20.0 Å². The Morgan fingerprint density at radius 3 is 2.49 bits per heavy atom. The van der Waals surface area contributed by atoms with Gasteiger partial charge in [0.05, 0.1) is 0 Å². The summed E-state index contributed by atoms with van der Waals surface area (Å²) in [5, 5.41) is 6.23. The van der Waals surface area contributed by atoms with E-state index in [2.05, 4.69) is 66.7 Å². The molecule has 3 heterocycles. The highest BCUT2D eigenvalue weighted by atomic mass is 35.5. The minimum atomic E-state index is -0.628. The SMILES string of the molecule is CN1CCC(NCN2CCC(CCc3ccccc3)(CN=C(N)NC(=O)c3nc(Cl)c(N)nc3N)CC2)CC1. The average Bonchev–Trinajstić information content (AvgIpc) is 2.94. The lowest BCUT2D eigenvalue weighted by molar-refractivity contribution is 0.0894. The molecular weight excluding hydrogens is 516 g/mol. The molecule has 2 aliphatic heterocycles. The van der Waals surface area contributed by atoms with Crippen molar-refractivity contribution in [3.05, 3.63) is 46.7 Å². The molecule has 2 fully saturated rings. The summed E-state index contributed by atoms with van der Waals surface area (Å²) in [7, 11) is 2.19. The first-order valence-corrected chi connectivity index (χ1v) is 14.0. The fraction of sp³-hybridized carbons (Fsp3) is 0.556. The van der Waals surface area contributed by atoms with Crippen molar-refractivity contribution in [3.8, 4) is 0 Å². The predicted octanol–water partition coefficient (Wildman–Crippen LogP) is 1.70. The maximum absolute atomic E-state index is 12.7. The molecule has 0 aliphatic carbocycles. The molecule has 1 aromatic carbocycles. The largest absolute Gasteiger partial charge is 0.382 e. The van der Waals surface area contributed by atoms with Crippen LogP contribution in [-0.2, 0) is 6.42 Å². The van der Waals surface area contributed by atoms with Crippen molar-refractivity contribution in [1.29, 1.82) is 0 Å². The number of hydrogen-bond acceptors (Lipinski definition) is 9. The maximum Gasteiger partial charge on any atom is 0.280 e. The Morgan fingerprint density at radius 1 is 1.10 bits per heavy atom. The van der Waals surface area contributed by atoms with Crippen molar-refractivity contribution < 1.29 is 4.79 Å². The minimum absolute atomic E-state index is 0.0135. The molecule has 2 aliphatic rings. The number of anilines is 2. The molecule has 2 aromatic rings. The molecule has 0 atom stereocenters. The Balaban J connectivity index is 1.36. The number of aryl methyl sites for hydroxylation is 1. The first-order valence-electron chi connectivity index (χ1n) is 13.6. The summed E-state index contributed by atoms with van der Waals surface area (Å²) < 4.78 is 0. The minimum Gasteiger partial charge on any atom is -0.382 e. The second-order valence-electron chi connectivity index (χ2n) is 10.8. The molecule has 8 N–H and O–H groups in total. The average molecular weight is 557 g/mol. The van der Waals surface area contributed by atoms with E-state index >= 15 is 0 Å². The van der Waals surface area contributed by atoms with Gasteiger partial charge in [-0.2, -0.15) is 0 Å². The lowest BCUT2D eigenvalue weighted by Gasteiger charge is -2.42. The molecule has 0 spiro atoms. The van der Waals surface area contributed by atoms with E-state index < -0.39 is 5.91 Å². The first-order chi connectivity index (χ1) is 18.7. The number of piperidine rings is 2. The molecule has 0 radical (unpaired) electrons. The normalized spacial score (nSPS) is 19.2. The van der Waals surface area contributed by atoms with Gasteiger partial charge in [-0.05, 0) is 82.7 Å². The topological polar surface area (TPSA) is 164 Å². The molecule has 2 saturated heterocycles. The van der Waals surface area contributed by atoms with Crippen molar-refractivity contribution in [3.63, 3.8) is 0 Å². The summed E-state index contributed by atoms with van der Waals surface area (Å²) in [5.74, 6) is -0.778. The highest BCUT2D eigenvalue weighted by Crippen LogP contribution is 2.36. The summed E-state index contributed by atoms with van der Waals surface area (Å²) in [5.41, 5.74) is 18.7. The number of aromatic nitrogens is 2. The molecule has 4 rings (SSSR count). The number of amides is 1. The number of guanidine groups is 1. The third kappa shape index (κ3) is 8.25. The van der Waals surface area contributed by atoms with Crippen molar-refractivity contribution in [2.45, 2.75) is 44.6 Å². The van der Waals surface area contributed by atoms with Crippen LogP contribution in [0.15, 0.2) is 35.3 Å². The Morgan fingerprint density at radius 2 is 1.79 bits per heavy atom. The van der Waals surface area contributed by atoms with Crippen LogP contribution in [0.2, 0.25) is 5.15 Å². The van der Waals surface area contributed by atoms with Crippen LogP contribution in [0.25, 0.3) is 0 Å². The van der Waals surface area contributed by atoms with Gasteiger partial charge in [0.2, 0.25) is 0 Å². The van der Waals surface area contributed by atoms with E-state index in [1.807, 2.05) is 6.07 Å². The molecule has 11 nitrogen and oxygen atoms in total. The number of nitrogens with one attached hydrogen (secondary N) is 2. The zero-order valence-corrected chi connectivity index (χ0v) is 23.5. The quantitative estimate of drug-likeness (QED) is 0.228. The van der Waals surface area contributed by atoms with Gasteiger partial charge < -0.3 is 27.4 Å². The van der Waals surface area contributed by atoms with Crippen molar-refractivity contribution >= 4 is 35.1 Å². The summed E-state index contributed by atoms with van der Waals surface area (Å²) in [6.45, 7) is 5.73. The van der Waals surface area contributed by atoms with Gasteiger partial charge >= 0.3 is 0 Å². The molecular formula is C27H41ClN10O. The Kier molecular flexibility index (Phi) is 9.95. The third-order valence-corrected chi connectivity index (χ3v) is 8.25. The van der Waals surface area contributed by atoms with Crippen LogP contribution in [-0.4, -0.2) is 84.1 Å². The zero-order chi connectivity index (χ0) is 27.8. The Labute approximate surface area is 235 Å². The maximum atomic E-state index is 12.7. The number of carbonyl (C=O) groups excluding carboxylic acids is 1. The van der Waals surface area contributed by atoms with Gasteiger partial charge in [0.15, 0.2) is 28.4 Å². The number of halogens is 1. The summed E-state index contributed by atoms with van der Waals surface area (Å²) in [6, 6.07) is 11.1. The molecule has 212 valence electrons. The van der Waals surface area contributed by atoms with Crippen LogP contribution in [0.1, 0.15) is 48.2 Å². The Bertz CT molecular complexity index is 1130. The number of likely N-dealkylation sites (tertiary alicyclic amines) is 2. The van der Waals surface area contributed by atoms with Crippen LogP contribution < -0.4 is 27.8 Å². The van der Waals surface area contributed by atoms with Gasteiger partial charge in [-0.25, -0.2) is 9.97 Å². The summed E-state index contributed by atoms with van der Waals surface area (Å²) in [6.07, 6.45) is 6.36. The molecule has 1 aromatic heterocycles. The predicted molar refractivity (Wildman–Crippen MR) is 156 cm³/mol. The number of rotatable bonds is 9. The smallest absolute Gasteiger partial charge is 0.280 e. The van der Waals surface area contributed by atoms with Gasteiger partial charge in [-0.15, -0.1) is 0 Å². The van der Waals surface area contributed by atoms with Crippen molar-refractivity contribution in [2.75, 3.05) is 57.9 Å². The molecule has 0 unspecified atom stereocenters. The monoisotopic (exact) mass is 556 g/mol. The fourth-order valence-corrected chi connectivity index (χ4v) is 5.40.